The Kier molecular flexibility index (Phi) is 9.39. The standard InChI is InChI=1S/C11H19BNO2.C5H5.Fe/c1-8(2)13(9(3)4)11-7-5-6-10(11)12(14)15;1-2-4-5-3-1;/h5-9,14-15H,1-4H3;1-5H;/q-1;-5;. The average molecular weight is 329 g/mol. The number of nitrogens with zero attached hydrogens (tertiary/aromatic N) is 1. The maximum Gasteiger partial charge on any atom is 0.463 e. The van der Waals surface area contributed by atoms with Crippen molar-refractivity contribution in [2.75, 3.05) is 4.90 Å². The van der Waals surface area contributed by atoms with Gasteiger partial charge in [0.1, 0.15) is 0 Å². The monoisotopic (exact) mass is 329 g/mol. The first-order valence-corrected chi connectivity index (χ1v) is 7.02. The third kappa shape index (κ3) is 6.10. The Morgan fingerprint density at radius 3 is 1.76 bits per heavy atom. The summed E-state index contributed by atoms with van der Waals surface area (Å²) in [5, 5.41) is 18.5. The zero-order valence-corrected chi connectivity index (χ0v) is 14.2. The van der Waals surface area contributed by atoms with Gasteiger partial charge in [-0.1, -0.05) is 5.69 Å². The maximum absolute atomic E-state index is 9.23. The summed E-state index contributed by atoms with van der Waals surface area (Å²) in [6, 6.07) is 16.2. The van der Waals surface area contributed by atoms with Crippen molar-refractivity contribution in [3.63, 3.8) is 0 Å². The molecule has 2 rings (SSSR count). The number of hydrogen-bond acceptors (Lipinski definition) is 3. The van der Waals surface area contributed by atoms with Gasteiger partial charge >= 0.3 is 7.12 Å². The minimum Gasteiger partial charge on any atom is -0.748 e. The molecule has 0 fully saturated rings. The van der Waals surface area contributed by atoms with Crippen LogP contribution in [-0.4, -0.2) is 29.3 Å². The molecule has 0 unspecified atom stereocenters. The van der Waals surface area contributed by atoms with Gasteiger partial charge in [-0.3, -0.25) is 0 Å². The predicted molar refractivity (Wildman–Crippen MR) is 86.6 cm³/mol. The van der Waals surface area contributed by atoms with Crippen LogP contribution in [0, 0.1) is 0 Å². The van der Waals surface area contributed by atoms with E-state index in [-0.39, 0.29) is 17.1 Å². The third-order valence-corrected chi connectivity index (χ3v) is 3.05. The number of anilines is 1. The van der Waals surface area contributed by atoms with E-state index in [1.54, 1.807) is 6.07 Å². The van der Waals surface area contributed by atoms with Crippen molar-refractivity contribution in [3.8, 4) is 0 Å². The smallest absolute Gasteiger partial charge is 0.463 e. The molecule has 5 heteroatoms. The summed E-state index contributed by atoms with van der Waals surface area (Å²) < 4.78 is 0. The molecule has 0 aliphatic rings. The molecule has 2 N–H and O–H groups in total. The molecule has 0 spiro atoms. The van der Waals surface area contributed by atoms with Crippen LogP contribution < -0.4 is 10.4 Å². The minimum absolute atomic E-state index is 0. The first-order valence-electron chi connectivity index (χ1n) is 7.02. The van der Waals surface area contributed by atoms with Gasteiger partial charge in [0, 0.05) is 29.2 Å². The second-order valence-electron chi connectivity index (χ2n) is 5.30. The second kappa shape index (κ2) is 9.85. The van der Waals surface area contributed by atoms with Gasteiger partial charge in [0.15, 0.2) is 0 Å². The summed E-state index contributed by atoms with van der Waals surface area (Å²) in [5.41, 5.74) is 1.49. The van der Waals surface area contributed by atoms with Gasteiger partial charge in [-0.25, -0.2) is 12.1 Å². The Balaban J connectivity index is 0.000000562. The Morgan fingerprint density at radius 1 is 1.00 bits per heavy atom. The second-order valence-corrected chi connectivity index (χ2v) is 5.30. The van der Waals surface area contributed by atoms with E-state index in [2.05, 4.69) is 32.6 Å². The number of rotatable bonds is 4. The molecule has 0 aliphatic carbocycles. The molecule has 21 heavy (non-hydrogen) atoms. The zero-order valence-electron chi connectivity index (χ0n) is 13.0. The fraction of sp³-hybridized carbons (Fsp3) is 0.375. The summed E-state index contributed by atoms with van der Waals surface area (Å²) in [5.74, 6) is 0. The first-order chi connectivity index (χ1) is 9.45. The molecule has 0 radical (unpaired) electrons. The van der Waals surface area contributed by atoms with Gasteiger partial charge in [-0.15, -0.1) is 5.46 Å². The van der Waals surface area contributed by atoms with Crippen LogP contribution in [0.2, 0.25) is 0 Å². The van der Waals surface area contributed by atoms with E-state index in [1.807, 2.05) is 42.5 Å². The summed E-state index contributed by atoms with van der Waals surface area (Å²) in [4.78, 5) is 2.18. The molecular formula is C16H24BFeNO2-6. The van der Waals surface area contributed by atoms with E-state index in [4.69, 9.17) is 0 Å². The van der Waals surface area contributed by atoms with Crippen molar-refractivity contribution < 1.29 is 27.1 Å². The molecule has 2 aromatic carbocycles. The molecule has 0 aromatic heterocycles. The molecule has 0 amide bonds. The summed E-state index contributed by atoms with van der Waals surface area (Å²) in [7, 11) is -1.39. The Morgan fingerprint density at radius 2 is 1.43 bits per heavy atom. The topological polar surface area (TPSA) is 43.7 Å². The Labute approximate surface area is 138 Å². The molecular weight excluding hydrogens is 305 g/mol. The molecule has 2 aromatic rings. The van der Waals surface area contributed by atoms with Crippen molar-refractivity contribution in [2.45, 2.75) is 39.8 Å². The van der Waals surface area contributed by atoms with Crippen LogP contribution in [0.3, 0.4) is 0 Å². The van der Waals surface area contributed by atoms with Crippen LogP contribution in [0.25, 0.3) is 0 Å². The largest absolute Gasteiger partial charge is 0.748 e. The first kappa shape index (κ1) is 20.0. The summed E-state index contributed by atoms with van der Waals surface area (Å²) >= 11 is 0. The van der Waals surface area contributed by atoms with Crippen molar-refractivity contribution >= 4 is 18.3 Å². The van der Waals surface area contributed by atoms with Crippen LogP contribution in [-0.2, 0) is 17.1 Å². The molecule has 0 saturated heterocycles. The Bertz CT molecular complexity index is 441. The van der Waals surface area contributed by atoms with Crippen molar-refractivity contribution in [1.29, 1.82) is 0 Å². The van der Waals surface area contributed by atoms with Crippen LogP contribution in [0.15, 0.2) is 48.5 Å². The van der Waals surface area contributed by atoms with Crippen molar-refractivity contribution in [2.24, 2.45) is 0 Å². The van der Waals surface area contributed by atoms with Gasteiger partial charge in [-0.2, -0.15) is 6.07 Å². The fourth-order valence-corrected chi connectivity index (χ4v) is 2.35. The molecule has 3 nitrogen and oxygen atoms in total. The molecule has 0 bridgehead atoms. The van der Waals surface area contributed by atoms with E-state index in [0.29, 0.717) is 17.5 Å². The number of hydrogen-bond donors (Lipinski definition) is 2. The van der Waals surface area contributed by atoms with Gasteiger partial charge in [0.25, 0.3) is 0 Å². The zero-order chi connectivity index (χ0) is 15.1. The van der Waals surface area contributed by atoms with Gasteiger partial charge in [0.2, 0.25) is 0 Å². The van der Waals surface area contributed by atoms with Gasteiger partial charge in [-0.05, 0) is 27.7 Å². The summed E-state index contributed by atoms with van der Waals surface area (Å²) in [6.07, 6.45) is 0. The quantitative estimate of drug-likeness (QED) is 0.667. The SMILES string of the molecule is CC(C)N([c-]1cccc1B(O)O)C(C)C.[Fe].[cH-]1[cH-][cH-][cH-][cH-]1. The van der Waals surface area contributed by atoms with Crippen LogP contribution in [0.1, 0.15) is 27.7 Å². The predicted octanol–water partition coefficient (Wildman–Crippen LogP) is 2.11. The van der Waals surface area contributed by atoms with Gasteiger partial charge in [0.05, 0.1) is 0 Å². The van der Waals surface area contributed by atoms with E-state index < -0.39 is 7.12 Å². The molecule has 0 heterocycles. The summed E-state index contributed by atoms with van der Waals surface area (Å²) in [6.45, 7) is 8.39. The van der Waals surface area contributed by atoms with Crippen molar-refractivity contribution in [1.82, 2.24) is 0 Å². The van der Waals surface area contributed by atoms with E-state index >= 15 is 0 Å². The molecule has 0 atom stereocenters. The molecule has 0 aliphatic heterocycles. The average Bonchev–Trinajstić information content (AvgIpc) is 3.01. The van der Waals surface area contributed by atoms with Gasteiger partial charge < -0.3 is 45.3 Å². The van der Waals surface area contributed by atoms with Crippen LogP contribution >= 0.6 is 0 Å². The van der Waals surface area contributed by atoms with Crippen LogP contribution in [0.4, 0.5) is 5.69 Å². The normalized spacial score (nSPS) is 9.90. The van der Waals surface area contributed by atoms with Crippen molar-refractivity contribution in [3.05, 3.63) is 48.5 Å². The van der Waals surface area contributed by atoms with E-state index in [0.717, 1.165) is 5.69 Å². The molecule has 122 valence electrons. The maximum atomic E-state index is 9.23. The van der Waals surface area contributed by atoms with Crippen LogP contribution in [0.5, 0.6) is 0 Å². The van der Waals surface area contributed by atoms with E-state index in [1.165, 1.54) is 0 Å². The fourth-order valence-electron chi connectivity index (χ4n) is 2.35. The van der Waals surface area contributed by atoms with E-state index in [9.17, 15) is 10.0 Å². The Hall–Kier alpha value is -0.996. The third-order valence-electron chi connectivity index (χ3n) is 3.05. The minimum atomic E-state index is -1.39. The molecule has 0 saturated carbocycles.